The van der Waals surface area contributed by atoms with Crippen molar-refractivity contribution in [2.75, 3.05) is 39.0 Å². The number of benzene rings is 2. The Hall–Kier alpha value is -3.04. The predicted molar refractivity (Wildman–Crippen MR) is 140 cm³/mol. The first-order valence-electron chi connectivity index (χ1n) is 11.4. The number of aromatic nitrogens is 3. The van der Waals surface area contributed by atoms with E-state index < -0.39 is 0 Å². The summed E-state index contributed by atoms with van der Waals surface area (Å²) in [4.78, 5) is 12.7. The number of anilines is 1. The first-order chi connectivity index (χ1) is 16.8. The van der Waals surface area contributed by atoms with Crippen molar-refractivity contribution in [2.45, 2.75) is 44.3 Å². The highest BCUT2D eigenvalue weighted by atomic mass is 32.2. The van der Waals surface area contributed by atoms with Gasteiger partial charge < -0.3 is 24.1 Å². The molecule has 0 saturated heterocycles. The maximum Gasteiger partial charge on any atom is 0.234 e. The van der Waals surface area contributed by atoms with Crippen molar-refractivity contribution in [3.05, 3.63) is 48.0 Å². The molecular weight excluding hydrogens is 464 g/mol. The molecule has 0 fully saturated rings. The summed E-state index contributed by atoms with van der Waals surface area (Å²) in [6.45, 7) is 7.89. The molecule has 0 aliphatic heterocycles. The number of rotatable bonds is 11. The Morgan fingerprint density at radius 1 is 1.03 bits per heavy atom. The lowest BCUT2D eigenvalue weighted by Crippen LogP contribution is -2.15. The van der Waals surface area contributed by atoms with E-state index in [4.69, 9.17) is 14.2 Å². The summed E-state index contributed by atoms with van der Waals surface area (Å²) in [7, 11) is 4.82. The van der Waals surface area contributed by atoms with Crippen LogP contribution in [0.3, 0.4) is 0 Å². The number of carbonyl (C=O) groups is 1. The van der Waals surface area contributed by atoms with Crippen molar-refractivity contribution in [2.24, 2.45) is 0 Å². The van der Waals surface area contributed by atoms with Crippen molar-refractivity contribution in [3.8, 4) is 22.9 Å². The highest BCUT2D eigenvalue weighted by Crippen LogP contribution is 2.30. The second-order valence-corrected chi connectivity index (χ2v) is 9.98. The molecular formula is C26H34N4O4S. The van der Waals surface area contributed by atoms with E-state index in [1.54, 1.807) is 39.5 Å². The van der Waals surface area contributed by atoms with Crippen LogP contribution >= 0.6 is 11.8 Å². The molecule has 9 heteroatoms. The van der Waals surface area contributed by atoms with Crippen LogP contribution < -0.4 is 14.8 Å². The summed E-state index contributed by atoms with van der Waals surface area (Å²) in [5.74, 6) is 1.98. The number of nitrogens with one attached hydrogen (secondary N) is 1. The maximum atomic E-state index is 12.7. The van der Waals surface area contributed by atoms with Crippen molar-refractivity contribution >= 4 is 23.4 Å². The van der Waals surface area contributed by atoms with Gasteiger partial charge in [0.2, 0.25) is 5.91 Å². The Balaban J connectivity index is 1.75. The number of carbonyl (C=O) groups excluding carboxylic acids is 1. The molecule has 1 heterocycles. The maximum absolute atomic E-state index is 12.7. The second kappa shape index (κ2) is 12.1. The second-order valence-electron chi connectivity index (χ2n) is 9.03. The molecule has 1 aromatic heterocycles. The summed E-state index contributed by atoms with van der Waals surface area (Å²) in [6, 6.07) is 13.7. The van der Waals surface area contributed by atoms with Gasteiger partial charge in [-0.1, -0.05) is 56.8 Å². The number of nitrogens with zero attached hydrogens (tertiary/aromatic N) is 3. The number of hydrogen-bond donors (Lipinski definition) is 1. The van der Waals surface area contributed by atoms with Gasteiger partial charge in [0.1, 0.15) is 11.5 Å². The standard InChI is InChI=1S/C26H34N4O4S/c1-26(2,3)19-10-8-18(9-11-19)24-28-29-25(30(24)14-7-15-32-4)35-17-23(31)27-21-13-12-20(33-5)16-22(21)34-6/h8-13,16H,7,14-15,17H2,1-6H3,(H,27,31). The van der Waals surface area contributed by atoms with E-state index in [1.807, 2.05) is 0 Å². The number of ether oxygens (including phenoxy) is 3. The van der Waals surface area contributed by atoms with Gasteiger partial charge in [-0.2, -0.15) is 0 Å². The van der Waals surface area contributed by atoms with Gasteiger partial charge in [-0.25, -0.2) is 0 Å². The number of hydrogen-bond acceptors (Lipinski definition) is 7. The number of methoxy groups -OCH3 is 3. The molecule has 2 aromatic carbocycles. The summed E-state index contributed by atoms with van der Waals surface area (Å²) >= 11 is 1.35. The van der Waals surface area contributed by atoms with Gasteiger partial charge in [0.15, 0.2) is 11.0 Å². The van der Waals surface area contributed by atoms with Crippen molar-refractivity contribution in [1.29, 1.82) is 0 Å². The van der Waals surface area contributed by atoms with Crippen LogP contribution in [0, 0.1) is 0 Å². The minimum atomic E-state index is -0.166. The average Bonchev–Trinajstić information content (AvgIpc) is 3.25. The zero-order valence-electron chi connectivity index (χ0n) is 21.3. The van der Waals surface area contributed by atoms with Crippen LogP contribution in [0.4, 0.5) is 5.69 Å². The van der Waals surface area contributed by atoms with E-state index in [0.29, 0.717) is 35.5 Å². The van der Waals surface area contributed by atoms with E-state index in [-0.39, 0.29) is 17.1 Å². The summed E-state index contributed by atoms with van der Waals surface area (Å²) in [5.41, 5.74) is 2.90. The predicted octanol–water partition coefficient (Wildman–Crippen LogP) is 5.03. The fraction of sp³-hybridized carbons (Fsp3) is 0.423. The summed E-state index contributed by atoms with van der Waals surface area (Å²) < 4.78 is 17.9. The third-order valence-corrected chi connectivity index (χ3v) is 6.44. The molecule has 3 rings (SSSR count). The van der Waals surface area contributed by atoms with E-state index >= 15 is 0 Å². The monoisotopic (exact) mass is 498 g/mol. The highest BCUT2D eigenvalue weighted by Gasteiger charge is 2.18. The van der Waals surface area contributed by atoms with Gasteiger partial charge in [-0.3, -0.25) is 4.79 Å². The van der Waals surface area contributed by atoms with Gasteiger partial charge in [-0.15, -0.1) is 10.2 Å². The molecule has 0 bridgehead atoms. The number of thioether (sulfide) groups is 1. The van der Waals surface area contributed by atoms with Gasteiger partial charge >= 0.3 is 0 Å². The van der Waals surface area contributed by atoms with Crippen LogP contribution in [0.2, 0.25) is 0 Å². The SMILES string of the molecule is COCCCn1c(SCC(=O)Nc2ccc(OC)cc2OC)nnc1-c1ccc(C(C)(C)C)cc1. The molecule has 0 aliphatic rings. The lowest BCUT2D eigenvalue weighted by Gasteiger charge is -2.19. The Kier molecular flexibility index (Phi) is 9.17. The Labute approximate surface area is 211 Å². The Bertz CT molecular complexity index is 1120. The molecule has 0 unspecified atom stereocenters. The molecule has 1 N–H and O–H groups in total. The molecule has 35 heavy (non-hydrogen) atoms. The Morgan fingerprint density at radius 2 is 1.77 bits per heavy atom. The fourth-order valence-corrected chi connectivity index (χ4v) is 4.28. The molecule has 188 valence electrons. The van der Waals surface area contributed by atoms with E-state index in [0.717, 1.165) is 17.8 Å². The van der Waals surface area contributed by atoms with E-state index in [1.165, 1.54) is 17.3 Å². The lowest BCUT2D eigenvalue weighted by atomic mass is 9.87. The van der Waals surface area contributed by atoms with Crippen LogP contribution in [0.25, 0.3) is 11.4 Å². The quantitative estimate of drug-likeness (QED) is 0.293. The fourth-order valence-electron chi connectivity index (χ4n) is 3.52. The number of amides is 1. The Morgan fingerprint density at radius 3 is 2.40 bits per heavy atom. The van der Waals surface area contributed by atoms with Crippen LogP contribution in [0.5, 0.6) is 11.5 Å². The summed E-state index contributed by atoms with van der Waals surface area (Å²) in [5, 5.41) is 12.4. The first-order valence-corrected chi connectivity index (χ1v) is 12.4. The summed E-state index contributed by atoms with van der Waals surface area (Å²) in [6.07, 6.45) is 0.810. The van der Waals surface area contributed by atoms with E-state index in [9.17, 15) is 4.79 Å². The average molecular weight is 499 g/mol. The minimum absolute atomic E-state index is 0.0750. The molecule has 0 radical (unpaired) electrons. The van der Waals surface area contributed by atoms with Crippen LogP contribution in [-0.4, -0.2) is 54.4 Å². The zero-order chi connectivity index (χ0) is 25.4. The van der Waals surface area contributed by atoms with Crippen LogP contribution in [0.15, 0.2) is 47.6 Å². The molecule has 3 aromatic rings. The molecule has 0 spiro atoms. The zero-order valence-corrected chi connectivity index (χ0v) is 22.1. The van der Waals surface area contributed by atoms with Gasteiger partial charge in [0.25, 0.3) is 0 Å². The third kappa shape index (κ3) is 6.99. The normalized spacial score (nSPS) is 11.4. The minimum Gasteiger partial charge on any atom is -0.497 e. The smallest absolute Gasteiger partial charge is 0.234 e. The van der Waals surface area contributed by atoms with Gasteiger partial charge in [0.05, 0.1) is 25.7 Å². The van der Waals surface area contributed by atoms with Crippen molar-refractivity contribution in [1.82, 2.24) is 14.8 Å². The molecule has 0 aliphatic carbocycles. The van der Waals surface area contributed by atoms with Crippen molar-refractivity contribution < 1.29 is 19.0 Å². The van der Waals surface area contributed by atoms with Gasteiger partial charge in [0, 0.05) is 31.9 Å². The first kappa shape index (κ1) is 26.6. The highest BCUT2D eigenvalue weighted by molar-refractivity contribution is 7.99. The van der Waals surface area contributed by atoms with Crippen LogP contribution in [-0.2, 0) is 21.5 Å². The molecule has 1 amide bonds. The largest absolute Gasteiger partial charge is 0.497 e. The lowest BCUT2D eigenvalue weighted by molar-refractivity contribution is -0.113. The van der Waals surface area contributed by atoms with E-state index in [2.05, 4.69) is 65.1 Å². The molecule has 0 saturated carbocycles. The van der Waals surface area contributed by atoms with Crippen molar-refractivity contribution in [3.63, 3.8) is 0 Å². The molecule has 8 nitrogen and oxygen atoms in total. The third-order valence-electron chi connectivity index (χ3n) is 5.47. The van der Waals surface area contributed by atoms with Crippen LogP contribution in [0.1, 0.15) is 32.8 Å². The van der Waals surface area contributed by atoms with Gasteiger partial charge in [-0.05, 0) is 29.5 Å². The topological polar surface area (TPSA) is 87.5 Å². The molecule has 0 atom stereocenters.